The number of aryl methyl sites for hydroxylation is 2. The molecule has 0 bridgehead atoms. The Morgan fingerprint density at radius 1 is 0.962 bits per heavy atom. The first-order valence-electron chi connectivity index (χ1n) is 9.43. The van der Waals surface area contributed by atoms with Gasteiger partial charge in [0, 0.05) is 5.92 Å². The van der Waals surface area contributed by atoms with Crippen LogP contribution in [0.2, 0.25) is 0 Å². The molecule has 0 amide bonds. The van der Waals surface area contributed by atoms with E-state index in [1.807, 2.05) is 0 Å². The Labute approximate surface area is 154 Å². The van der Waals surface area contributed by atoms with Gasteiger partial charge in [-0.25, -0.2) is 4.39 Å². The van der Waals surface area contributed by atoms with Crippen molar-refractivity contribution >= 4 is 0 Å². The van der Waals surface area contributed by atoms with Crippen LogP contribution in [-0.2, 0) is 6.42 Å². The number of hydrogen-bond acceptors (Lipinski definition) is 1. The standard InChI is InChI=1S/C23H26F2O/c1-3-26-21-15-14-20(22(24)23(21)25)13-8-17-6-11-19(12-7-17)18-9-4-16(2)5-10-18/h4-6,9-11,14-15,17,19H,3,7-8,12-13H2,1-2H3. The first-order chi connectivity index (χ1) is 12.6. The number of halogens is 2. The number of rotatable bonds is 6. The second-order valence-electron chi connectivity index (χ2n) is 7.06. The molecular weight excluding hydrogens is 330 g/mol. The van der Waals surface area contributed by atoms with E-state index in [4.69, 9.17) is 4.74 Å². The maximum atomic E-state index is 14.2. The third-order valence-electron chi connectivity index (χ3n) is 5.18. The van der Waals surface area contributed by atoms with Gasteiger partial charge >= 0.3 is 0 Å². The average Bonchev–Trinajstić information content (AvgIpc) is 2.66. The van der Waals surface area contributed by atoms with Gasteiger partial charge in [0.05, 0.1) is 6.61 Å². The number of benzene rings is 2. The molecule has 0 heterocycles. The molecular formula is C23H26F2O. The van der Waals surface area contributed by atoms with Crippen LogP contribution in [0.5, 0.6) is 5.75 Å². The highest BCUT2D eigenvalue weighted by Gasteiger charge is 2.19. The highest BCUT2D eigenvalue weighted by atomic mass is 19.2. The molecule has 1 aliphatic rings. The van der Waals surface area contributed by atoms with E-state index in [9.17, 15) is 8.78 Å². The molecule has 2 aromatic carbocycles. The Morgan fingerprint density at radius 2 is 1.73 bits per heavy atom. The van der Waals surface area contributed by atoms with Crippen LogP contribution >= 0.6 is 0 Å². The SMILES string of the molecule is CCOc1ccc(CCC2C=CC(c3ccc(C)cc3)CC2)c(F)c1F. The predicted molar refractivity (Wildman–Crippen MR) is 102 cm³/mol. The molecule has 3 rings (SSSR count). The molecule has 2 unspecified atom stereocenters. The van der Waals surface area contributed by atoms with E-state index in [-0.39, 0.29) is 5.75 Å². The summed E-state index contributed by atoms with van der Waals surface area (Å²) in [5.41, 5.74) is 3.06. The Morgan fingerprint density at radius 3 is 2.38 bits per heavy atom. The monoisotopic (exact) mass is 356 g/mol. The van der Waals surface area contributed by atoms with Gasteiger partial charge in [0.1, 0.15) is 0 Å². The van der Waals surface area contributed by atoms with Crippen molar-refractivity contribution in [3.8, 4) is 5.75 Å². The zero-order chi connectivity index (χ0) is 18.5. The summed E-state index contributed by atoms with van der Waals surface area (Å²) < 4.78 is 33.3. The smallest absolute Gasteiger partial charge is 0.200 e. The molecule has 0 aromatic heterocycles. The largest absolute Gasteiger partial charge is 0.491 e. The highest BCUT2D eigenvalue weighted by Crippen LogP contribution is 2.33. The molecule has 0 N–H and O–H groups in total. The van der Waals surface area contributed by atoms with E-state index in [1.165, 1.54) is 17.2 Å². The zero-order valence-corrected chi connectivity index (χ0v) is 15.5. The molecule has 2 atom stereocenters. The minimum Gasteiger partial charge on any atom is -0.491 e. The second-order valence-corrected chi connectivity index (χ2v) is 7.06. The van der Waals surface area contributed by atoms with Crippen LogP contribution in [-0.4, -0.2) is 6.61 Å². The van der Waals surface area contributed by atoms with E-state index in [1.54, 1.807) is 13.0 Å². The number of ether oxygens (including phenoxy) is 1. The number of hydrogen-bond donors (Lipinski definition) is 0. The van der Waals surface area contributed by atoms with E-state index in [0.29, 0.717) is 30.4 Å². The molecule has 0 radical (unpaired) electrons. The maximum Gasteiger partial charge on any atom is 0.200 e. The van der Waals surface area contributed by atoms with Gasteiger partial charge in [0.15, 0.2) is 11.6 Å². The van der Waals surface area contributed by atoms with Gasteiger partial charge in [0.2, 0.25) is 5.82 Å². The maximum absolute atomic E-state index is 14.2. The van der Waals surface area contributed by atoms with Gasteiger partial charge in [-0.05, 0) is 62.6 Å². The van der Waals surface area contributed by atoms with Gasteiger partial charge in [-0.3, -0.25) is 0 Å². The fourth-order valence-electron chi connectivity index (χ4n) is 3.58. The lowest BCUT2D eigenvalue weighted by molar-refractivity contribution is 0.313. The Hall–Kier alpha value is -2.16. The van der Waals surface area contributed by atoms with Crippen LogP contribution < -0.4 is 4.74 Å². The molecule has 0 aliphatic heterocycles. The normalized spacial score (nSPS) is 19.5. The van der Waals surface area contributed by atoms with Crippen molar-refractivity contribution in [2.24, 2.45) is 5.92 Å². The van der Waals surface area contributed by atoms with Crippen LogP contribution in [0.1, 0.15) is 48.8 Å². The quantitative estimate of drug-likeness (QED) is 0.548. The van der Waals surface area contributed by atoms with Crippen LogP contribution in [0.25, 0.3) is 0 Å². The molecule has 1 nitrogen and oxygen atoms in total. The summed E-state index contributed by atoms with van der Waals surface area (Å²) in [5.74, 6) is -0.763. The van der Waals surface area contributed by atoms with Crippen molar-refractivity contribution < 1.29 is 13.5 Å². The topological polar surface area (TPSA) is 9.23 Å². The summed E-state index contributed by atoms with van der Waals surface area (Å²) in [6.07, 6.45) is 8.08. The predicted octanol–water partition coefficient (Wildman–Crippen LogP) is 6.35. The average molecular weight is 356 g/mol. The second kappa shape index (κ2) is 8.48. The molecule has 1 aliphatic carbocycles. The minimum atomic E-state index is -0.872. The molecule has 0 saturated carbocycles. The van der Waals surface area contributed by atoms with Crippen molar-refractivity contribution in [2.75, 3.05) is 6.61 Å². The summed E-state index contributed by atoms with van der Waals surface area (Å²) in [7, 11) is 0. The van der Waals surface area contributed by atoms with Gasteiger partial charge in [-0.1, -0.05) is 48.0 Å². The summed E-state index contributed by atoms with van der Waals surface area (Å²) >= 11 is 0. The first kappa shape index (κ1) is 18.6. The van der Waals surface area contributed by atoms with Gasteiger partial charge in [-0.15, -0.1) is 0 Å². The third kappa shape index (κ3) is 4.32. The summed E-state index contributed by atoms with van der Waals surface area (Å²) in [5, 5.41) is 0. The van der Waals surface area contributed by atoms with E-state index < -0.39 is 11.6 Å². The van der Waals surface area contributed by atoms with Crippen LogP contribution in [0.4, 0.5) is 8.78 Å². The first-order valence-corrected chi connectivity index (χ1v) is 9.43. The highest BCUT2D eigenvalue weighted by molar-refractivity contribution is 5.32. The van der Waals surface area contributed by atoms with Crippen molar-refractivity contribution in [1.29, 1.82) is 0 Å². The summed E-state index contributed by atoms with van der Waals surface area (Å²) in [6.45, 7) is 4.18. The molecule has 0 saturated heterocycles. The third-order valence-corrected chi connectivity index (χ3v) is 5.18. The lowest BCUT2D eigenvalue weighted by Crippen LogP contribution is -2.09. The van der Waals surface area contributed by atoms with Crippen LogP contribution in [0.15, 0.2) is 48.6 Å². The Balaban J connectivity index is 1.59. The fraction of sp³-hybridized carbons (Fsp3) is 0.391. The van der Waals surface area contributed by atoms with E-state index >= 15 is 0 Å². The van der Waals surface area contributed by atoms with Crippen molar-refractivity contribution in [3.63, 3.8) is 0 Å². The summed E-state index contributed by atoms with van der Waals surface area (Å²) in [4.78, 5) is 0. The molecule has 3 heteroatoms. The molecule has 138 valence electrons. The van der Waals surface area contributed by atoms with Gasteiger partial charge < -0.3 is 4.74 Å². The van der Waals surface area contributed by atoms with Crippen LogP contribution in [0, 0.1) is 24.5 Å². The Kier molecular flexibility index (Phi) is 6.08. The Bertz CT molecular complexity index is 765. The van der Waals surface area contributed by atoms with Crippen molar-refractivity contribution in [1.82, 2.24) is 0 Å². The van der Waals surface area contributed by atoms with Crippen LogP contribution in [0.3, 0.4) is 0 Å². The van der Waals surface area contributed by atoms with E-state index in [2.05, 4.69) is 43.3 Å². The molecule has 26 heavy (non-hydrogen) atoms. The molecule has 0 fully saturated rings. The van der Waals surface area contributed by atoms with Gasteiger partial charge in [0.25, 0.3) is 0 Å². The molecule has 0 spiro atoms. The van der Waals surface area contributed by atoms with E-state index in [0.717, 1.165) is 19.3 Å². The lowest BCUT2D eigenvalue weighted by atomic mass is 9.82. The van der Waals surface area contributed by atoms with Crippen molar-refractivity contribution in [2.45, 2.75) is 45.4 Å². The lowest BCUT2D eigenvalue weighted by Gasteiger charge is -2.23. The van der Waals surface area contributed by atoms with Crippen molar-refractivity contribution in [3.05, 3.63) is 76.9 Å². The number of allylic oxidation sites excluding steroid dienone is 2. The zero-order valence-electron chi connectivity index (χ0n) is 15.5. The summed E-state index contributed by atoms with van der Waals surface area (Å²) in [6, 6.07) is 11.9. The molecule has 2 aromatic rings. The minimum absolute atomic E-state index is 0.00717. The van der Waals surface area contributed by atoms with Gasteiger partial charge in [-0.2, -0.15) is 4.39 Å². The fourth-order valence-corrected chi connectivity index (χ4v) is 3.58.